The molecule has 0 saturated heterocycles. The number of aliphatic imine (C=N–C) groups is 1. The summed E-state index contributed by atoms with van der Waals surface area (Å²) >= 11 is 0. The molecule has 2 N–H and O–H groups in total. The Labute approximate surface area is 129 Å². The van der Waals surface area contributed by atoms with E-state index in [1.165, 1.54) is 32.1 Å². The number of hydrogen-bond donors (Lipinski definition) is 2. The number of nitrogens with zero attached hydrogens (tertiary/aromatic N) is 1. The molecule has 0 heterocycles. The second-order valence-electron chi connectivity index (χ2n) is 5.92. The normalized spacial score (nSPS) is 18.7. The average molecular weight is 317 g/mol. The van der Waals surface area contributed by atoms with Crippen LogP contribution in [0.25, 0.3) is 0 Å². The van der Waals surface area contributed by atoms with Crippen molar-refractivity contribution in [2.45, 2.75) is 52.9 Å². The van der Waals surface area contributed by atoms with Crippen LogP contribution < -0.4 is 10.6 Å². The third kappa shape index (κ3) is 6.24. The number of rotatable bonds is 8. The molecule has 0 radical (unpaired) electrons. The minimum Gasteiger partial charge on any atom is -0.357 e. The molecule has 124 valence electrons. The van der Waals surface area contributed by atoms with Crippen molar-refractivity contribution in [1.29, 1.82) is 0 Å². The van der Waals surface area contributed by atoms with E-state index < -0.39 is 9.84 Å². The number of sulfone groups is 1. The van der Waals surface area contributed by atoms with Crippen LogP contribution in [0, 0.1) is 5.41 Å². The van der Waals surface area contributed by atoms with Crippen LogP contribution in [0.4, 0.5) is 0 Å². The van der Waals surface area contributed by atoms with Crippen LogP contribution >= 0.6 is 0 Å². The Morgan fingerprint density at radius 2 is 1.81 bits per heavy atom. The van der Waals surface area contributed by atoms with Gasteiger partial charge in [0.2, 0.25) is 0 Å². The van der Waals surface area contributed by atoms with Gasteiger partial charge in [0.05, 0.1) is 5.75 Å². The zero-order valence-electron chi connectivity index (χ0n) is 13.7. The SMILES string of the molecule is CCNC(=NCC1(CC)CCCC1)NCCS(=O)(=O)CC. The third-order valence-corrected chi connectivity index (χ3v) is 6.18. The van der Waals surface area contributed by atoms with E-state index in [4.69, 9.17) is 0 Å². The summed E-state index contributed by atoms with van der Waals surface area (Å²) in [6, 6.07) is 0. The van der Waals surface area contributed by atoms with E-state index in [0.717, 1.165) is 19.0 Å². The van der Waals surface area contributed by atoms with Crippen molar-refractivity contribution >= 4 is 15.8 Å². The van der Waals surface area contributed by atoms with Gasteiger partial charge in [-0.05, 0) is 31.6 Å². The molecule has 0 aromatic carbocycles. The van der Waals surface area contributed by atoms with Gasteiger partial charge in [0.15, 0.2) is 15.8 Å². The summed E-state index contributed by atoms with van der Waals surface area (Å²) in [4.78, 5) is 4.68. The van der Waals surface area contributed by atoms with Crippen molar-refractivity contribution < 1.29 is 8.42 Å². The molecule has 1 saturated carbocycles. The maximum atomic E-state index is 11.5. The first-order valence-electron chi connectivity index (χ1n) is 8.19. The number of nitrogens with one attached hydrogen (secondary N) is 2. The second kappa shape index (κ2) is 8.61. The smallest absolute Gasteiger partial charge is 0.191 e. The van der Waals surface area contributed by atoms with Crippen molar-refractivity contribution in [3.8, 4) is 0 Å². The van der Waals surface area contributed by atoms with E-state index in [1.807, 2.05) is 6.92 Å². The molecule has 6 heteroatoms. The van der Waals surface area contributed by atoms with Gasteiger partial charge in [-0.25, -0.2) is 8.42 Å². The molecule has 0 aromatic heterocycles. The van der Waals surface area contributed by atoms with E-state index in [-0.39, 0.29) is 11.5 Å². The zero-order chi connectivity index (χ0) is 15.8. The predicted octanol–water partition coefficient (Wildman–Crippen LogP) is 1.95. The lowest BCUT2D eigenvalue weighted by molar-refractivity contribution is 0.297. The molecule has 0 unspecified atom stereocenters. The lowest BCUT2D eigenvalue weighted by Crippen LogP contribution is -2.40. The molecule has 0 aliphatic heterocycles. The van der Waals surface area contributed by atoms with Gasteiger partial charge >= 0.3 is 0 Å². The van der Waals surface area contributed by atoms with E-state index in [1.54, 1.807) is 6.92 Å². The highest BCUT2D eigenvalue weighted by molar-refractivity contribution is 7.91. The number of guanidine groups is 1. The Balaban J connectivity index is 2.53. The van der Waals surface area contributed by atoms with Crippen molar-refractivity contribution in [3.63, 3.8) is 0 Å². The molecular formula is C15H31N3O2S. The molecule has 1 rings (SSSR count). The fourth-order valence-electron chi connectivity index (χ4n) is 2.81. The molecule has 1 fully saturated rings. The summed E-state index contributed by atoms with van der Waals surface area (Å²) in [5, 5.41) is 6.33. The highest BCUT2D eigenvalue weighted by Gasteiger charge is 2.31. The molecule has 0 bridgehead atoms. The molecule has 1 aliphatic carbocycles. The maximum absolute atomic E-state index is 11.5. The first kappa shape index (κ1) is 18.3. The standard InChI is InChI=1S/C15H31N3O2S/c1-4-15(9-7-8-10-15)13-18-14(16-5-2)17-11-12-21(19,20)6-3/h4-13H2,1-3H3,(H2,16,17,18). The Bertz CT molecular complexity index is 426. The van der Waals surface area contributed by atoms with Crippen molar-refractivity contribution in [3.05, 3.63) is 0 Å². The molecule has 1 aliphatic rings. The summed E-state index contributed by atoms with van der Waals surface area (Å²) < 4.78 is 23.0. The Morgan fingerprint density at radius 1 is 1.14 bits per heavy atom. The van der Waals surface area contributed by atoms with Gasteiger partial charge in [0.1, 0.15) is 0 Å². The van der Waals surface area contributed by atoms with Gasteiger partial charge < -0.3 is 10.6 Å². The van der Waals surface area contributed by atoms with Gasteiger partial charge in [-0.1, -0.05) is 26.7 Å². The van der Waals surface area contributed by atoms with Crippen molar-refractivity contribution in [1.82, 2.24) is 10.6 Å². The zero-order valence-corrected chi connectivity index (χ0v) is 14.6. The monoisotopic (exact) mass is 317 g/mol. The average Bonchev–Trinajstić information content (AvgIpc) is 2.94. The molecule has 0 amide bonds. The van der Waals surface area contributed by atoms with Crippen LogP contribution in [0.1, 0.15) is 52.9 Å². The summed E-state index contributed by atoms with van der Waals surface area (Å²) in [6.07, 6.45) is 6.30. The third-order valence-electron chi connectivity index (χ3n) is 4.48. The van der Waals surface area contributed by atoms with Crippen molar-refractivity contribution in [2.75, 3.05) is 31.1 Å². The van der Waals surface area contributed by atoms with Crippen LogP contribution in [0.2, 0.25) is 0 Å². The largest absolute Gasteiger partial charge is 0.357 e. The summed E-state index contributed by atoms with van der Waals surface area (Å²) in [5.41, 5.74) is 0.359. The minimum absolute atomic E-state index is 0.160. The Morgan fingerprint density at radius 3 is 2.33 bits per heavy atom. The highest BCUT2D eigenvalue weighted by atomic mass is 32.2. The summed E-state index contributed by atoms with van der Waals surface area (Å²) in [7, 11) is -2.92. The highest BCUT2D eigenvalue weighted by Crippen LogP contribution is 2.41. The molecular weight excluding hydrogens is 286 g/mol. The van der Waals surface area contributed by atoms with E-state index in [2.05, 4.69) is 22.5 Å². The van der Waals surface area contributed by atoms with Crippen LogP contribution in [0.5, 0.6) is 0 Å². The predicted molar refractivity (Wildman–Crippen MR) is 89.5 cm³/mol. The molecule has 21 heavy (non-hydrogen) atoms. The van der Waals surface area contributed by atoms with Gasteiger partial charge in [0.25, 0.3) is 0 Å². The maximum Gasteiger partial charge on any atom is 0.191 e. The fraction of sp³-hybridized carbons (Fsp3) is 0.933. The topological polar surface area (TPSA) is 70.6 Å². The first-order valence-corrected chi connectivity index (χ1v) is 10.0. The molecule has 0 spiro atoms. The molecule has 0 aromatic rings. The quantitative estimate of drug-likeness (QED) is 0.530. The Kier molecular flexibility index (Phi) is 7.49. The lowest BCUT2D eigenvalue weighted by atomic mass is 9.84. The number of hydrogen-bond acceptors (Lipinski definition) is 3. The molecule has 0 atom stereocenters. The van der Waals surface area contributed by atoms with Crippen LogP contribution in [0.3, 0.4) is 0 Å². The fourth-order valence-corrected chi connectivity index (χ4v) is 3.51. The van der Waals surface area contributed by atoms with Gasteiger partial charge in [0, 0.05) is 25.4 Å². The van der Waals surface area contributed by atoms with Gasteiger partial charge in [-0.2, -0.15) is 0 Å². The summed E-state index contributed by atoms with van der Waals surface area (Å²) in [5.74, 6) is 1.09. The van der Waals surface area contributed by atoms with Gasteiger partial charge in [-0.15, -0.1) is 0 Å². The Hall–Kier alpha value is -0.780. The lowest BCUT2D eigenvalue weighted by Gasteiger charge is -2.25. The van der Waals surface area contributed by atoms with Crippen LogP contribution in [-0.2, 0) is 9.84 Å². The minimum atomic E-state index is -2.92. The first-order chi connectivity index (χ1) is 9.97. The molecule has 5 nitrogen and oxygen atoms in total. The van der Waals surface area contributed by atoms with Crippen molar-refractivity contribution in [2.24, 2.45) is 10.4 Å². The second-order valence-corrected chi connectivity index (χ2v) is 8.39. The van der Waals surface area contributed by atoms with E-state index >= 15 is 0 Å². The van der Waals surface area contributed by atoms with E-state index in [0.29, 0.717) is 12.0 Å². The van der Waals surface area contributed by atoms with E-state index in [9.17, 15) is 8.42 Å². The van der Waals surface area contributed by atoms with Crippen LogP contribution in [-0.4, -0.2) is 45.5 Å². The summed E-state index contributed by atoms with van der Waals surface area (Å²) in [6.45, 7) is 7.98. The van der Waals surface area contributed by atoms with Gasteiger partial charge in [-0.3, -0.25) is 4.99 Å². The van der Waals surface area contributed by atoms with Crippen LogP contribution in [0.15, 0.2) is 4.99 Å².